The molecule has 0 bridgehead atoms. The molecule has 0 fully saturated rings. The van der Waals surface area contributed by atoms with E-state index in [1.807, 2.05) is 81.6 Å². The summed E-state index contributed by atoms with van der Waals surface area (Å²) in [4.78, 5) is 8.57. The average molecular weight is 349 g/mol. The van der Waals surface area contributed by atoms with E-state index in [0.717, 1.165) is 22.7 Å². The Labute approximate surface area is 153 Å². The van der Waals surface area contributed by atoms with Crippen molar-refractivity contribution in [3.05, 3.63) is 54.7 Å². The van der Waals surface area contributed by atoms with Crippen LogP contribution in [-0.4, -0.2) is 43.4 Å². The fourth-order valence-electron chi connectivity index (χ4n) is 2.38. The number of hydrogen-bond donors (Lipinski definition) is 2. The van der Waals surface area contributed by atoms with Crippen molar-refractivity contribution in [1.29, 1.82) is 0 Å². The molecule has 134 valence electrons. The summed E-state index contributed by atoms with van der Waals surface area (Å²) in [6.07, 6.45) is 1.60. The summed E-state index contributed by atoms with van der Waals surface area (Å²) in [7, 11) is 8.05. The number of nitrogens with one attached hydrogen (secondary N) is 2. The molecule has 0 amide bonds. The molecule has 0 spiro atoms. The second kappa shape index (κ2) is 7.69. The summed E-state index contributed by atoms with van der Waals surface area (Å²) in [6, 6.07) is 16.1. The summed E-state index contributed by atoms with van der Waals surface area (Å²) in [5.41, 5.74) is 4.12. The number of aromatic nitrogens is 3. The number of hydrogen-bond acceptors (Lipinski definition) is 7. The van der Waals surface area contributed by atoms with Gasteiger partial charge in [0.25, 0.3) is 0 Å². The highest BCUT2D eigenvalue weighted by Crippen LogP contribution is 2.21. The van der Waals surface area contributed by atoms with Crippen molar-refractivity contribution in [2.75, 3.05) is 48.6 Å². The Kier molecular flexibility index (Phi) is 5.17. The van der Waals surface area contributed by atoms with Crippen LogP contribution in [0.1, 0.15) is 0 Å². The van der Waals surface area contributed by atoms with Crippen molar-refractivity contribution in [2.24, 2.45) is 0 Å². The van der Waals surface area contributed by atoms with Crippen LogP contribution in [0.5, 0.6) is 0 Å². The monoisotopic (exact) mass is 349 g/mol. The summed E-state index contributed by atoms with van der Waals surface area (Å²) in [6.45, 7) is 0. The number of nitrogens with zero attached hydrogens (tertiary/aromatic N) is 5. The Balaban J connectivity index is 1.69. The van der Waals surface area contributed by atoms with Crippen LogP contribution in [0, 0.1) is 0 Å². The molecule has 1 aromatic heterocycles. The molecule has 3 aromatic rings. The van der Waals surface area contributed by atoms with Crippen LogP contribution < -0.4 is 20.4 Å². The Bertz CT molecular complexity index is 774. The molecule has 2 N–H and O–H groups in total. The lowest BCUT2D eigenvalue weighted by Gasteiger charge is -2.14. The first-order valence-electron chi connectivity index (χ1n) is 8.30. The van der Waals surface area contributed by atoms with Gasteiger partial charge in [0.05, 0.1) is 6.20 Å². The van der Waals surface area contributed by atoms with Crippen molar-refractivity contribution in [2.45, 2.75) is 0 Å². The molecule has 0 aliphatic rings. The number of benzene rings is 2. The maximum Gasteiger partial charge on any atom is 0.249 e. The van der Waals surface area contributed by atoms with E-state index in [-0.39, 0.29) is 0 Å². The van der Waals surface area contributed by atoms with Gasteiger partial charge in [0.1, 0.15) is 0 Å². The van der Waals surface area contributed by atoms with E-state index >= 15 is 0 Å². The van der Waals surface area contributed by atoms with Gasteiger partial charge in [0, 0.05) is 50.9 Å². The third kappa shape index (κ3) is 4.38. The standard InChI is InChI=1S/C19H23N7/c1-25(2)16-9-5-14(6-10-16)21-18-13-20-24-19(23-18)22-15-7-11-17(12-8-15)26(3)4/h5-13H,1-4H3,(H2,21,22,23,24). The third-order valence-corrected chi connectivity index (χ3v) is 3.85. The summed E-state index contributed by atoms with van der Waals surface area (Å²) in [5.74, 6) is 1.07. The average Bonchev–Trinajstić information content (AvgIpc) is 2.63. The van der Waals surface area contributed by atoms with Gasteiger partial charge < -0.3 is 20.4 Å². The van der Waals surface area contributed by atoms with E-state index < -0.39 is 0 Å². The Hall–Kier alpha value is -3.35. The van der Waals surface area contributed by atoms with Gasteiger partial charge >= 0.3 is 0 Å². The highest BCUT2D eigenvalue weighted by Gasteiger charge is 2.03. The Morgan fingerprint density at radius 1 is 0.692 bits per heavy atom. The SMILES string of the molecule is CN(C)c1ccc(Nc2cnnc(Nc3ccc(N(C)C)cc3)n2)cc1. The van der Waals surface area contributed by atoms with Crippen molar-refractivity contribution in [3.63, 3.8) is 0 Å². The first kappa shape index (κ1) is 17.5. The van der Waals surface area contributed by atoms with Crippen molar-refractivity contribution in [1.82, 2.24) is 15.2 Å². The van der Waals surface area contributed by atoms with Gasteiger partial charge in [-0.25, -0.2) is 0 Å². The molecule has 1 heterocycles. The fourth-order valence-corrected chi connectivity index (χ4v) is 2.38. The first-order chi connectivity index (χ1) is 12.5. The molecule has 0 saturated heterocycles. The maximum atomic E-state index is 4.46. The lowest BCUT2D eigenvalue weighted by molar-refractivity contribution is 0.982. The van der Waals surface area contributed by atoms with Gasteiger partial charge in [-0.1, -0.05) is 0 Å². The number of rotatable bonds is 6. The van der Waals surface area contributed by atoms with Crippen molar-refractivity contribution >= 4 is 34.5 Å². The Morgan fingerprint density at radius 2 is 1.19 bits per heavy atom. The molecular weight excluding hydrogens is 326 g/mol. The Morgan fingerprint density at radius 3 is 1.69 bits per heavy atom. The molecule has 0 aliphatic carbocycles. The van der Waals surface area contributed by atoms with Crippen LogP contribution in [0.4, 0.5) is 34.5 Å². The topological polar surface area (TPSA) is 69.2 Å². The van der Waals surface area contributed by atoms with Crippen molar-refractivity contribution in [3.8, 4) is 0 Å². The molecule has 7 heteroatoms. The van der Waals surface area contributed by atoms with E-state index in [4.69, 9.17) is 0 Å². The molecule has 3 rings (SSSR count). The lowest BCUT2D eigenvalue weighted by Crippen LogP contribution is -2.08. The highest BCUT2D eigenvalue weighted by atomic mass is 15.3. The minimum Gasteiger partial charge on any atom is -0.378 e. The van der Waals surface area contributed by atoms with Crippen LogP contribution in [0.3, 0.4) is 0 Å². The smallest absolute Gasteiger partial charge is 0.249 e. The van der Waals surface area contributed by atoms with Crippen LogP contribution in [0.15, 0.2) is 54.7 Å². The zero-order chi connectivity index (χ0) is 18.5. The van der Waals surface area contributed by atoms with E-state index in [1.54, 1.807) is 6.20 Å². The van der Waals surface area contributed by atoms with Crippen LogP contribution in [0.25, 0.3) is 0 Å². The molecule has 26 heavy (non-hydrogen) atoms. The minimum atomic E-state index is 0.442. The van der Waals surface area contributed by atoms with Gasteiger partial charge in [-0.15, -0.1) is 5.10 Å². The van der Waals surface area contributed by atoms with Gasteiger partial charge in [-0.3, -0.25) is 0 Å². The second-order valence-corrected chi connectivity index (χ2v) is 6.30. The van der Waals surface area contributed by atoms with Crippen LogP contribution in [0.2, 0.25) is 0 Å². The second-order valence-electron chi connectivity index (χ2n) is 6.30. The van der Waals surface area contributed by atoms with E-state index in [1.165, 1.54) is 0 Å². The van der Waals surface area contributed by atoms with Gasteiger partial charge in [-0.2, -0.15) is 10.1 Å². The quantitative estimate of drug-likeness (QED) is 0.706. The predicted octanol–water partition coefficient (Wildman–Crippen LogP) is 3.49. The van der Waals surface area contributed by atoms with Gasteiger partial charge in [0.15, 0.2) is 5.82 Å². The zero-order valence-corrected chi connectivity index (χ0v) is 15.4. The molecule has 0 radical (unpaired) electrons. The summed E-state index contributed by atoms with van der Waals surface area (Å²) < 4.78 is 0. The molecule has 0 unspecified atom stereocenters. The van der Waals surface area contributed by atoms with E-state index in [2.05, 4.69) is 30.7 Å². The fraction of sp³-hybridized carbons (Fsp3) is 0.211. The van der Waals surface area contributed by atoms with Crippen LogP contribution in [-0.2, 0) is 0 Å². The summed E-state index contributed by atoms with van der Waals surface area (Å²) >= 11 is 0. The molecule has 0 atom stereocenters. The van der Waals surface area contributed by atoms with E-state index in [0.29, 0.717) is 11.8 Å². The molecule has 2 aromatic carbocycles. The molecule has 7 nitrogen and oxygen atoms in total. The van der Waals surface area contributed by atoms with E-state index in [9.17, 15) is 0 Å². The largest absolute Gasteiger partial charge is 0.378 e. The highest BCUT2D eigenvalue weighted by molar-refractivity contribution is 5.62. The molecule has 0 aliphatic heterocycles. The predicted molar refractivity (Wildman–Crippen MR) is 108 cm³/mol. The number of anilines is 6. The zero-order valence-electron chi connectivity index (χ0n) is 15.4. The maximum absolute atomic E-state index is 4.46. The van der Waals surface area contributed by atoms with Gasteiger partial charge in [-0.05, 0) is 48.5 Å². The summed E-state index contributed by atoms with van der Waals surface area (Å²) in [5, 5.41) is 14.5. The van der Waals surface area contributed by atoms with Crippen molar-refractivity contribution < 1.29 is 0 Å². The normalized spacial score (nSPS) is 10.3. The first-order valence-corrected chi connectivity index (χ1v) is 8.30. The minimum absolute atomic E-state index is 0.442. The molecule has 0 saturated carbocycles. The van der Waals surface area contributed by atoms with Gasteiger partial charge in [0.2, 0.25) is 5.95 Å². The third-order valence-electron chi connectivity index (χ3n) is 3.85. The lowest BCUT2D eigenvalue weighted by atomic mass is 10.2. The molecular formula is C19H23N7. The van der Waals surface area contributed by atoms with Crippen LogP contribution >= 0.6 is 0 Å².